The Morgan fingerprint density at radius 1 is 1.47 bits per heavy atom. The second-order valence-electron chi connectivity index (χ2n) is 4.66. The lowest BCUT2D eigenvalue weighted by molar-refractivity contribution is -0.134. The van der Waals surface area contributed by atoms with Crippen LogP contribution >= 0.6 is 0 Å². The molecule has 1 fully saturated rings. The minimum Gasteiger partial charge on any atom is -0.347 e. The monoisotopic (exact) mass is 266 g/mol. The molecule has 0 aromatic carbocycles. The van der Waals surface area contributed by atoms with Crippen molar-refractivity contribution in [3.05, 3.63) is 12.2 Å². The molecule has 0 radical (unpaired) electrons. The van der Waals surface area contributed by atoms with Gasteiger partial charge >= 0.3 is 6.03 Å². The molecule has 4 amide bonds. The number of rotatable bonds is 4. The molecule has 1 saturated heterocycles. The molecule has 3 N–H and O–H groups in total. The van der Waals surface area contributed by atoms with Crippen LogP contribution < -0.4 is 10.6 Å². The lowest BCUT2D eigenvalue weighted by Crippen LogP contribution is -2.43. The Balaban J connectivity index is 1.89. The van der Waals surface area contributed by atoms with Gasteiger partial charge in [0.25, 0.3) is 5.91 Å². The summed E-state index contributed by atoms with van der Waals surface area (Å²) in [6.45, 7) is 3.01. The van der Waals surface area contributed by atoms with Crippen molar-refractivity contribution in [3.8, 4) is 0 Å². The van der Waals surface area contributed by atoms with Gasteiger partial charge in [-0.25, -0.2) is 9.78 Å². The number of aromatic nitrogens is 3. The largest absolute Gasteiger partial charge is 0.347 e. The molecule has 0 atom stereocenters. The van der Waals surface area contributed by atoms with Crippen LogP contribution in [0.2, 0.25) is 0 Å². The molecule has 2 heterocycles. The highest BCUT2D eigenvalue weighted by Gasteiger charge is 2.44. The first-order valence-electron chi connectivity index (χ1n) is 5.65. The molecule has 0 spiro atoms. The quantitative estimate of drug-likeness (QED) is 0.588. The van der Waals surface area contributed by atoms with Gasteiger partial charge in [0, 0.05) is 0 Å². The zero-order valence-electron chi connectivity index (χ0n) is 10.6. The van der Waals surface area contributed by atoms with E-state index in [1.807, 2.05) is 0 Å². The molecule has 0 aliphatic carbocycles. The predicted octanol–water partition coefficient (Wildman–Crippen LogP) is -1.25. The molecule has 2 rings (SSSR count). The molecule has 0 bridgehead atoms. The van der Waals surface area contributed by atoms with Crippen LogP contribution in [-0.4, -0.2) is 50.0 Å². The maximum Gasteiger partial charge on any atom is 0.325 e. The van der Waals surface area contributed by atoms with E-state index in [0.717, 1.165) is 4.90 Å². The summed E-state index contributed by atoms with van der Waals surface area (Å²) in [5, 5.41) is 11.2. The third-order valence-electron chi connectivity index (χ3n) is 2.66. The zero-order valence-corrected chi connectivity index (χ0v) is 10.6. The van der Waals surface area contributed by atoms with E-state index in [1.54, 1.807) is 13.8 Å². The van der Waals surface area contributed by atoms with Gasteiger partial charge in [0.15, 0.2) is 0 Å². The zero-order chi connectivity index (χ0) is 14.0. The lowest BCUT2D eigenvalue weighted by Gasteiger charge is -2.15. The Kier molecular flexibility index (Phi) is 3.19. The number of nitrogens with zero attached hydrogens (tertiary/aromatic N) is 3. The number of carbonyl (C=O) groups excluding carboxylic acids is 3. The second-order valence-corrected chi connectivity index (χ2v) is 4.66. The van der Waals surface area contributed by atoms with Crippen molar-refractivity contribution in [2.24, 2.45) is 0 Å². The maximum absolute atomic E-state index is 11.8. The van der Waals surface area contributed by atoms with Gasteiger partial charge in [-0.1, -0.05) is 0 Å². The van der Waals surface area contributed by atoms with Gasteiger partial charge in [0.05, 0.1) is 6.54 Å². The van der Waals surface area contributed by atoms with Crippen LogP contribution in [0.5, 0.6) is 0 Å². The third kappa shape index (κ3) is 2.69. The van der Waals surface area contributed by atoms with E-state index in [4.69, 9.17) is 0 Å². The van der Waals surface area contributed by atoms with Crippen LogP contribution in [0.15, 0.2) is 6.33 Å². The predicted molar refractivity (Wildman–Crippen MR) is 62.6 cm³/mol. The Hall–Kier alpha value is -2.45. The molecule has 19 heavy (non-hydrogen) atoms. The fourth-order valence-electron chi connectivity index (χ4n) is 1.66. The summed E-state index contributed by atoms with van der Waals surface area (Å²) in [5.41, 5.74) is -0.970. The van der Waals surface area contributed by atoms with Gasteiger partial charge in [0.1, 0.15) is 24.2 Å². The van der Waals surface area contributed by atoms with E-state index < -0.39 is 23.4 Å². The SMILES string of the molecule is CC1(C)NC(=O)N(CC(=O)NCc2ncn[nH]2)C1=O. The van der Waals surface area contributed by atoms with Crippen molar-refractivity contribution in [1.29, 1.82) is 0 Å². The number of imide groups is 1. The summed E-state index contributed by atoms with van der Waals surface area (Å²) in [5.74, 6) is -0.379. The minimum atomic E-state index is -0.970. The Morgan fingerprint density at radius 3 is 2.74 bits per heavy atom. The number of amides is 4. The highest BCUT2D eigenvalue weighted by atomic mass is 16.2. The van der Waals surface area contributed by atoms with E-state index in [1.165, 1.54) is 6.33 Å². The molecule has 1 aromatic heterocycles. The Morgan fingerprint density at radius 2 is 2.21 bits per heavy atom. The summed E-state index contributed by atoms with van der Waals surface area (Å²) in [7, 11) is 0. The average molecular weight is 266 g/mol. The van der Waals surface area contributed by atoms with Gasteiger partial charge in [-0.2, -0.15) is 5.10 Å². The fourth-order valence-corrected chi connectivity index (χ4v) is 1.66. The van der Waals surface area contributed by atoms with E-state index >= 15 is 0 Å². The second kappa shape index (κ2) is 4.67. The molecule has 1 aromatic rings. The molecule has 102 valence electrons. The standard InChI is InChI=1S/C10H14N6O3/c1-10(2)8(18)16(9(19)14-10)4-7(17)11-3-6-12-5-13-15-6/h5H,3-4H2,1-2H3,(H,11,17)(H,14,19)(H,12,13,15). The summed E-state index contributed by atoms with van der Waals surface area (Å²) in [6.07, 6.45) is 1.32. The number of aromatic amines is 1. The number of hydrogen-bond donors (Lipinski definition) is 3. The van der Waals surface area contributed by atoms with Crippen LogP contribution in [0.4, 0.5) is 4.79 Å². The van der Waals surface area contributed by atoms with Crippen LogP contribution in [-0.2, 0) is 16.1 Å². The molecule has 9 nitrogen and oxygen atoms in total. The lowest BCUT2D eigenvalue weighted by atomic mass is 10.1. The molecule has 0 unspecified atom stereocenters. The van der Waals surface area contributed by atoms with Gasteiger partial charge in [-0.15, -0.1) is 0 Å². The summed E-state index contributed by atoms with van der Waals surface area (Å²) in [4.78, 5) is 39.8. The van der Waals surface area contributed by atoms with Gasteiger partial charge in [-0.3, -0.25) is 19.6 Å². The topological polar surface area (TPSA) is 120 Å². The minimum absolute atomic E-state index is 0.159. The van der Waals surface area contributed by atoms with Crippen molar-refractivity contribution in [2.75, 3.05) is 6.54 Å². The first-order chi connectivity index (χ1) is 8.90. The molecule has 1 aliphatic rings. The van der Waals surface area contributed by atoms with Gasteiger partial charge in [-0.05, 0) is 13.8 Å². The van der Waals surface area contributed by atoms with Crippen LogP contribution in [0, 0.1) is 0 Å². The van der Waals surface area contributed by atoms with Crippen LogP contribution in [0.3, 0.4) is 0 Å². The first kappa shape index (κ1) is 13.0. The number of H-pyrrole nitrogens is 1. The first-order valence-corrected chi connectivity index (χ1v) is 5.65. The maximum atomic E-state index is 11.8. The van der Waals surface area contributed by atoms with Crippen molar-refractivity contribution in [3.63, 3.8) is 0 Å². The Labute approximate surface area is 108 Å². The van der Waals surface area contributed by atoms with E-state index in [0.29, 0.717) is 5.82 Å². The summed E-state index contributed by atoms with van der Waals surface area (Å²) >= 11 is 0. The van der Waals surface area contributed by atoms with E-state index in [-0.39, 0.29) is 13.1 Å². The van der Waals surface area contributed by atoms with Crippen molar-refractivity contribution >= 4 is 17.8 Å². The van der Waals surface area contributed by atoms with Crippen molar-refractivity contribution < 1.29 is 14.4 Å². The van der Waals surface area contributed by atoms with E-state index in [2.05, 4.69) is 25.8 Å². The Bertz CT molecular complexity index is 509. The molecule has 0 saturated carbocycles. The van der Waals surface area contributed by atoms with E-state index in [9.17, 15) is 14.4 Å². The van der Waals surface area contributed by atoms with Crippen LogP contribution in [0.1, 0.15) is 19.7 Å². The third-order valence-corrected chi connectivity index (χ3v) is 2.66. The number of urea groups is 1. The van der Waals surface area contributed by atoms with Crippen molar-refractivity contribution in [2.45, 2.75) is 25.9 Å². The normalized spacial score (nSPS) is 17.5. The van der Waals surface area contributed by atoms with Gasteiger partial charge in [0.2, 0.25) is 5.91 Å². The molecule has 9 heteroatoms. The summed E-state index contributed by atoms with van der Waals surface area (Å²) < 4.78 is 0. The highest BCUT2D eigenvalue weighted by molar-refractivity contribution is 6.08. The number of carbonyl (C=O) groups is 3. The molecule has 1 aliphatic heterocycles. The van der Waals surface area contributed by atoms with Crippen LogP contribution in [0.25, 0.3) is 0 Å². The van der Waals surface area contributed by atoms with Gasteiger partial charge < -0.3 is 10.6 Å². The summed E-state index contributed by atoms with van der Waals surface area (Å²) in [6, 6.07) is -0.565. The fraction of sp³-hybridized carbons (Fsp3) is 0.500. The van der Waals surface area contributed by atoms with Crippen molar-refractivity contribution in [1.82, 2.24) is 30.7 Å². The highest BCUT2D eigenvalue weighted by Crippen LogP contribution is 2.15. The average Bonchev–Trinajstić information content (AvgIpc) is 2.90. The molecular weight excluding hydrogens is 252 g/mol. The smallest absolute Gasteiger partial charge is 0.325 e. The number of nitrogens with one attached hydrogen (secondary N) is 3. The molecular formula is C10H14N6O3. The number of hydrogen-bond acceptors (Lipinski definition) is 5.